The van der Waals surface area contributed by atoms with Crippen LogP contribution in [-0.2, 0) is 28.6 Å². The van der Waals surface area contributed by atoms with E-state index in [-0.39, 0.29) is 31.1 Å². The fourth-order valence-corrected chi connectivity index (χ4v) is 9.61. The molecule has 0 spiro atoms. The number of rotatable bonds is 59. The lowest BCUT2D eigenvalue weighted by molar-refractivity contribution is -0.167. The highest BCUT2D eigenvalue weighted by molar-refractivity contribution is 5.71. The Bertz CT molecular complexity index is 1150. The summed E-state index contributed by atoms with van der Waals surface area (Å²) in [7, 11) is 0. The molecule has 0 saturated carbocycles. The minimum atomic E-state index is -0.768. The average Bonchev–Trinajstić information content (AvgIpc) is 3.37. The number of unbranched alkanes of at least 4 members (excludes halogenated alkanes) is 44. The Balaban J connectivity index is 4.02. The van der Waals surface area contributed by atoms with E-state index in [9.17, 15) is 14.4 Å². The van der Waals surface area contributed by atoms with E-state index in [1.54, 1.807) is 0 Å². The number of carbonyl (C=O) groups excluding carboxylic acids is 3. The molecule has 0 aromatic heterocycles. The first-order valence-electron chi connectivity index (χ1n) is 31.8. The summed E-state index contributed by atoms with van der Waals surface area (Å²) in [6, 6.07) is 0. The van der Waals surface area contributed by atoms with E-state index in [0.717, 1.165) is 57.8 Å². The molecule has 71 heavy (non-hydrogen) atoms. The molecule has 6 heteroatoms. The Morgan fingerprint density at radius 3 is 0.704 bits per heavy atom. The van der Waals surface area contributed by atoms with Gasteiger partial charge in [0.1, 0.15) is 13.2 Å². The van der Waals surface area contributed by atoms with Gasteiger partial charge in [-0.3, -0.25) is 14.4 Å². The van der Waals surface area contributed by atoms with Gasteiger partial charge in [-0.2, -0.15) is 0 Å². The maximum atomic E-state index is 12.8. The van der Waals surface area contributed by atoms with Crippen LogP contribution in [0.25, 0.3) is 0 Å². The number of hydrogen-bond donors (Lipinski definition) is 0. The summed E-state index contributed by atoms with van der Waals surface area (Å²) in [4.78, 5) is 38.0. The molecule has 0 aliphatic carbocycles. The lowest BCUT2D eigenvalue weighted by atomic mass is 10.0. The number of carbonyl (C=O) groups is 3. The van der Waals surface area contributed by atoms with Crippen molar-refractivity contribution in [1.82, 2.24) is 0 Å². The molecule has 1 unspecified atom stereocenters. The van der Waals surface area contributed by atoms with Crippen LogP contribution in [0.15, 0.2) is 24.3 Å². The third-order valence-electron chi connectivity index (χ3n) is 14.4. The molecular formula is C65H122O6. The van der Waals surface area contributed by atoms with Crippen molar-refractivity contribution in [3.05, 3.63) is 24.3 Å². The van der Waals surface area contributed by atoms with Gasteiger partial charge in [-0.25, -0.2) is 0 Å². The van der Waals surface area contributed by atoms with Crippen molar-refractivity contribution in [1.29, 1.82) is 0 Å². The van der Waals surface area contributed by atoms with E-state index in [1.807, 2.05) is 0 Å². The molecule has 0 saturated heterocycles. The van der Waals surface area contributed by atoms with Gasteiger partial charge >= 0.3 is 17.9 Å². The third-order valence-corrected chi connectivity index (χ3v) is 14.4. The van der Waals surface area contributed by atoms with Crippen molar-refractivity contribution < 1.29 is 28.6 Å². The third kappa shape index (κ3) is 58.7. The van der Waals surface area contributed by atoms with Crippen LogP contribution in [0.5, 0.6) is 0 Å². The normalized spacial score (nSPS) is 12.1. The van der Waals surface area contributed by atoms with E-state index in [4.69, 9.17) is 14.2 Å². The average molecular weight is 1000 g/mol. The smallest absolute Gasteiger partial charge is 0.306 e. The highest BCUT2D eigenvalue weighted by Gasteiger charge is 2.19. The predicted octanol–water partition coefficient (Wildman–Crippen LogP) is 21.4. The molecule has 0 rings (SSSR count). The zero-order valence-corrected chi connectivity index (χ0v) is 48.0. The van der Waals surface area contributed by atoms with E-state index in [0.29, 0.717) is 19.3 Å². The van der Waals surface area contributed by atoms with Crippen molar-refractivity contribution >= 4 is 17.9 Å². The highest BCUT2D eigenvalue weighted by Crippen LogP contribution is 2.17. The largest absolute Gasteiger partial charge is 0.462 e. The zero-order valence-electron chi connectivity index (χ0n) is 48.0. The highest BCUT2D eigenvalue weighted by atomic mass is 16.6. The first kappa shape index (κ1) is 68.9. The van der Waals surface area contributed by atoms with Gasteiger partial charge in [-0.05, 0) is 70.6 Å². The Morgan fingerprint density at radius 1 is 0.268 bits per heavy atom. The van der Waals surface area contributed by atoms with E-state index in [2.05, 4.69) is 45.1 Å². The van der Waals surface area contributed by atoms with Crippen LogP contribution >= 0.6 is 0 Å². The van der Waals surface area contributed by atoms with Crippen molar-refractivity contribution in [2.45, 2.75) is 361 Å². The van der Waals surface area contributed by atoms with Gasteiger partial charge in [0.05, 0.1) is 0 Å². The second-order valence-electron chi connectivity index (χ2n) is 21.7. The molecule has 0 aromatic carbocycles. The second kappa shape index (κ2) is 60.4. The summed E-state index contributed by atoms with van der Waals surface area (Å²) in [6.07, 6.45) is 72.2. The molecule has 0 N–H and O–H groups in total. The van der Waals surface area contributed by atoms with E-state index < -0.39 is 6.10 Å². The minimum absolute atomic E-state index is 0.0682. The van der Waals surface area contributed by atoms with Crippen LogP contribution in [0.3, 0.4) is 0 Å². The molecule has 0 heterocycles. The van der Waals surface area contributed by atoms with Crippen LogP contribution < -0.4 is 0 Å². The Labute approximate surface area is 443 Å². The maximum absolute atomic E-state index is 12.8. The number of esters is 3. The molecule has 0 aliphatic rings. The van der Waals surface area contributed by atoms with Crippen molar-refractivity contribution in [2.75, 3.05) is 13.2 Å². The van der Waals surface area contributed by atoms with Crippen molar-refractivity contribution in [2.24, 2.45) is 0 Å². The second-order valence-corrected chi connectivity index (χ2v) is 21.7. The fourth-order valence-electron chi connectivity index (χ4n) is 9.61. The fraction of sp³-hybridized carbons (Fsp3) is 0.892. The Hall–Kier alpha value is -2.11. The summed E-state index contributed by atoms with van der Waals surface area (Å²) < 4.78 is 16.8. The van der Waals surface area contributed by atoms with Crippen LogP contribution in [0.4, 0.5) is 0 Å². The quantitative estimate of drug-likeness (QED) is 0.0261. The molecule has 0 amide bonds. The van der Waals surface area contributed by atoms with Crippen LogP contribution in [0.2, 0.25) is 0 Å². The standard InChI is InChI=1S/C65H122O6/c1-4-7-10-13-16-18-20-22-24-26-27-28-29-30-31-32-33-34-35-36-37-39-40-42-44-46-49-52-55-58-64(67)70-61-62(60-69-63(66)57-54-51-48-15-12-9-6-3)71-65(68)59-56-53-50-47-45-43-41-38-25-23-21-19-17-14-11-8-5-2/h23,25-27,62H,4-22,24,28-61H2,1-3H3/b25-23-,27-26-. The molecule has 0 aromatic rings. The monoisotopic (exact) mass is 999 g/mol. The summed E-state index contributed by atoms with van der Waals surface area (Å²) in [5, 5.41) is 0. The Morgan fingerprint density at radius 2 is 0.465 bits per heavy atom. The number of allylic oxidation sites excluding steroid dienone is 4. The van der Waals surface area contributed by atoms with Gasteiger partial charge in [0.2, 0.25) is 0 Å². The van der Waals surface area contributed by atoms with Crippen LogP contribution in [0.1, 0.15) is 355 Å². The first-order valence-corrected chi connectivity index (χ1v) is 31.8. The van der Waals surface area contributed by atoms with Gasteiger partial charge in [-0.1, -0.05) is 289 Å². The molecule has 0 fully saturated rings. The molecule has 0 bridgehead atoms. The number of ether oxygens (including phenoxy) is 3. The van der Waals surface area contributed by atoms with E-state index >= 15 is 0 Å². The molecule has 418 valence electrons. The molecule has 0 aliphatic heterocycles. The molecule has 0 radical (unpaired) electrons. The predicted molar refractivity (Wildman–Crippen MR) is 307 cm³/mol. The van der Waals surface area contributed by atoms with Gasteiger partial charge < -0.3 is 14.2 Å². The van der Waals surface area contributed by atoms with Crippen LogP contribution in [-0.4, -0.2) is 37.2 Å². The van der Waals surface area contributed by atoms with Crippen LogP contribution in [0, 0.1) is 0 Å². The first-order chi connectivity index (χ1) is 35.0. The summed E-state index contributed by atoms with van der Waals surface area (Å²) in [5.41, 5.74) is 0. The van der Waals surface area contributed by atoms with Crippen molar-refractivity contribution in [3.63, 3.8) is 0 Å². The van der Waals surface area contributed by atoms with Crippen molar-refractivity contribution in [3.8, 4) is 0 Å². The lowest BCUT2D eigenvalue weighted by Crippen LogP contribution is -2.30. The topological polar surface area (TPSA) is 78.9 Å². The summed E-state index contributed by atoms with van der Waals surface area (Å²) in [6.45, 7) is 6.64. The van der Waals surface area contributed by atoms with E-state index in [1.165, 1.54) is 257 Å². The van der Waals surface area contributed by atoms with Gasteiger partial charge in [-0.15, -0.1) is 0 Å². The minimum Gasteiger partial charge on any atom is -0.462 e. The zero-order chi connectivity index (χ0) is 51.4. The molecule has 1 atom stereocenters. The van der Waals surface area contributed by atoms with Gasteiger partial charge in [0.25, 0.3) is 0 Å². The Kier molecular flexibility index (Phi) is 58.6. The number of hydrogen-bond acceptors (Lipinski definition) is 6. The molecule has 6 nitrogen and oxygen atoms in total. The van der Waals surface area contributed by atoms with Gasteiger partial charge in [0, 0.05) is 19.3 Å². The summed E-state index contributed by atoms with van der Waals surface area (Å²) in [5.74, 6) is -0.858. The summed E-state index contributed by atoms with van der Waals surface area (Å²) >= 11 is 0. The molecular weight excluding hydrogens is 877 g/mol. The SMILES string of the molecule is CCCCCCCC/C=C\CCCCCCCCCC(=O)OC(COC(=O)CCCCCCCCC)COC(=O)CCCCCCCCCCCCCCCCCCC/C=C\CCCCCCCCCC. The maximum Gasteiger partial charge on any atom is 0.306 e. The lowest BCUT2D eigenvalue weighted by Gasteiger charge is -2.18. The van der Waals surface area contributed by atoms with Gasteiger partial charge in [0.15, 0.2) is 6.10 Å².